The number of nitrogens with one attached hydrogen (secondary N) is 1. The molecule has 158 valence electrons. The van der Waals surface area contributed by atoms with Crippen molar-refractivity contribution in [3.05, 3.63) is 70.7 Å². The Morgan fingerprint density at radius 1 is 1.19 bits per heavy atom. The van der Waals surface area contributed by atoms with Gasteiger partial charge >= 0.3 is 0 Å². The monoisotopic (exact) mass is 452 g/mol. The van der Waals surface area contributed by atoms with E-state index in [9.17, 15) is 4.79 Å². The van der Waals surface area contributed by atoms with Crippen LogP contribution < -0.4 is 10.1 Å². The fourth-order valence-electron chi connectivity index (χ4n) is 2.96. The number of ether oxygens (including phenoxy) is 1. The molecule has 0 fully saturated rings. The van der Waals surface area contributed by atoms with Crippen molar-refractivity contribution in [1.82, 2.24) is 15.1 Å². The topological polar surface area (TPSA) is 90.1 Å². The number of hydrogen-bond donors (Lipinski definition) is 1. The molecule has 9 heteroatoms. The number of rotatable bonds is 7. The predicted molar refractivity (Wildman–Crippen MR) is 122 cm³/mol. The van der Waals surface area contributed by atoms with Crippen molar-refractivity contribution < 1.29 is 14.1 Å². The number of carbonyl (C=O) groups is 1. The lowest BCUT2D eigenvalue weighted by Crippen LogP contribution is -2.12. The first-order chi connectivity index (χ1) is 15.0. The highest BCUT2D eigenvalue weighted by atomic mass is 32.2. The molecule has 0 aliphatic carbocycles. The van der Waals surface area contributed by atoms with Crippen LogP contribution in [0, 0.1) is 13.8 Å². The maximum atomic E-state index is 12.9. The van der Waals surface area contributed by atoms with Gasteiger partial charge in [-0.2, -0.15) is 4.98 Å². The van der Waals surface area contributed by atoms with Crippen molar-refractivity contribution in [3.8, 4) is 17.0 Å². The number of amides is 1. The molecule has 2 aromatic carbocycles. The Labute approximate surface area is 187 Å². The van der Waals surface area contributed by atoms with Crippen LogP contribution in [0.3, 0.4) is 0 Å². The summed E-state index contributed by atoms with van der Waals surface area (Å²) in [6, 6.07) is 13.3. The van der Waals surface area contributed by atoms with Gasteiger partial charge in [-0.3, -0.25) is 10.1 Å². The summed E-state index contributed by atoms with van der Waals surface area (Å²) in [6.07, 6.45) is 0. The summed E-state index contributed by atoms with van der Waals surface area (Å²) in [5.74, 6) is 2.12. The first kappa shape index (κ1) is 21.1. The first-order valence-corrected chi connectivity index (χ1v) is 11.3. The highest BCUT2D eigenvalue weighted by Gasteiger charge is 2.16. The maximum absolute atomic E-state index is 12.9. The third-order valence-corrected chi connectivity index (χ3v) is 6.22. The summed E-state index contributed by atoms with van der Waals surface area (Å²) in [4.78, 5) is 22.6. The Balaban J connectivity index is 1.50. The number of carbonyl (C=O) groups excluding carboxylic acids is 1. The van der Waals surface area contributed by atoms with Crippen LogP contribution in [0.2, 0.25) is 0 Å². The van der Waals surface area contributed by atoms with Gasteiger partial charge in [-0.05, 0) is 38.1 Å². The van der Waals surface area contributed by atoms with E-state index in [-0.39, 0.29) is 5.91 Å². The third kappa shape index (κ3) is 4.95. The van der Waals surface area contributed by atoms with Gasteiger partial charge in [0.25, 0.3) is 5.91 Å². The molecule has 0 atom stereocenters. The van der Waals surface area contributed by atoms with Crippen molar-refractivity contribution >= 4 is 34.1 Å². The van der Waals surface area contributed by atoms with Crippen molar-refractivity contribution in [2.45, 2.75) is 24.5 Å². The molecule has 2 aromatic heterocycles. The Kier molecular flexibility index (Phi) is 6.34. The lowest BCUT2D eigenvalue weighted by atomic mass is 10.1. The van der Waals surface area contributed by atoms with Crippen molar-refractivity contribution in [1.29, 1.82) is 0 Å². The van der Waals surface area contributed by atoms with Crippen molar-refractivity contribution in [2.75, 3.05) is 12.4 Å². The van der Waals surface area contributed by atoms with E-state index in [0.717, 1.165) is 27.5 Å². The summed E-state index contributed by atoms with van der Waals surface area (Å²) in [7, 11) is 1.63. The number of thioether (sulfide) groups is 1. The molecule has 0 bridgehead atoms. The van der Waals surface area contributed by atoms with Gasteiger partial charge in [0.1, 0.15) is 5.75 Å². The minimum atomic E-state index is -0.220. The molecule has 0 aliphatic rings. The molecule has 1 N–H and O–H groups in total. The fraction of sp³-hybridized carbons (Fsp3) is 0.182. The van der Waals surface area contributed by atoms with Gasteiger partial charge in [0.15, 0.2) is 11.0 Å². The molecular formula is C22H20N4O3S2. The fourth-order valence-corrected chi connectivity index (χ4v) is 4.55. The zero-order valence-corrected chi connectivity index (χ0v) is 18.8. The largest absolute Gasteiger partial charge is 0.496 e. The number of aryl methyl sites for hydroxylation is 2. The maximum Gasteiger partial charge on any atom is 0.258 e. The van der Waals surface area contributed by atoms with Crippen LogP contribution in [0.15, 0.2) is 57.3 Å². The second-order valence-corrected chi connectivity index (χ2v) is 8.59. The molecule has 0 unspecified atom stereocenters. The van der Waals surface area contributed by atoms with E-state index >= 15 is 0 Å². The zero-order valence-electron chi connectivity index (χ0n) is 17.2. The molecular weight excluding hydrogens is 432 g/mol. The number of thiazole rings is 1. The molecule has 2 heterocycles. The zero-order chi connectivity index (χ0) is 21.8. The highest BCUT2D eigenvalue weighted by Crippen LogP contribution is 2.33. The Morgan fingerprint density at radius 3 is 2.81 bits per heavy atom. The van der Waals surface area contributed by atoms with E-state index in [2.05, 4.69) is 20.4 Å². The Morgan fingerprint density at radius 2 is 2.03 bits per heavy atom. The summed E-state index contributed by atoms with van der Waals surface area (Å²) < 4.78 is 10.6. The first-order valence-electron chi connectivity index (χ1n) is 9.46. The molecule has 0 saturated carbocycles. The standard InChI is InChI=1S/C22H20N4O3S2/c1-13-8-9-18(28-3)16(10-13)17-11-31-22(24-17)25-21(27)15-6-4-5-7-19(15)30-12-20-23-14(2)26-29-20/h4-11H,12H2,1-3H3,(H,24,25,27). The van der Waals surface area contributed by atoms with E-state index in [1.165, 1.54) is 23.1 Å². The van der Waals surface area contributed by atoms with Crippen LogP contribution in [0.4, 0.5) is 5.13 Å². The minimum absolute atomic E-state index is 0.220. The number of methoxy groups -OCH3 is 1. The predicted octanol–water partition coefficient (Wildman–Crippen LogP) is 5.36. The van der Waals surface area contributed by atoms with E-state index < -0.39 is 0 Å². The molecule has 1 amide bonds. The van der Waals surface area contributed by atoms with Gasteiger partial charge in [0.05, 0.1) is 24.1 Å². The summed E-state index contributed by atoms with van der Waals surface area (Å²) in [5, 5.41) is 9.13. The van der Waals surface area contributed by atoms with Crippen LogP contribution in [-0.2, 0) is 5.75 Å². The number of aromatic nitrogens is 3. The van der Waals surface area contributed by atoms with E-state index in [1.54, 1.807) is 20.1 Å². The molecule has 0 radical (unpaired) electrons. The summed E-state index contributed by atoms with van der Waals surface area (Å²) in [5.41, 5.74) is 3.32. The van der Waals surface area contributed by atoms with Crippen LogP contribution in [0.1, 0.15) is 27.6 Å². The number of benzene rings is 2. The Bertz CT molecular complexity index is 1220. The number of hydrogen-bond acceptors (Lipinski definition) is 8. The second kappa shape index (κ2) is 9.32. The van der Waals surface area contributed by atoms with Crippen molar-refractivity contribution in [3.63, 3.8) is 0 Å². The van der Waals surface area contributed by atoms with Gasteiger partial charge in [-0.15, -0.1) is 23.1 Å². The van der Waals surface area contributed by atoms with Gasteiger partial charge in [0.2, 0.25) is 5.89 Å². The average molecular weight is 453 g/mol. The number of nitrogens with zero attached hydrogens (tertiary/aromatic N) is 3. The molecule has 4 rings (SSSR count). The lowest BCUT2D eigenvalue weighted by Gasteiger charge is -2.08. The molecule has 4 aromatic rings. The lowest BCUT2D eigenvalue weighted by molar-refractivity contribution is 0.102. The molecule has 0 saturated heterocycles. The van der Waals surface area contributed by atoms with Gasteiger partial charge < -0.3 is 9.26 Å². The second-order valence-electron chi connectivity index (χ2n) is 6.72. The SMILES string of the molecule is COc1ccc(C)cc1-c1csc(NC(=O)c2ccccc2SCc2nc(C)no2)n1. The molecule has 7 nitrogen and oxygen atoms in total. The molecule has 0 spiro atoms. The normalized spacial score (nSPS) is 10.8. The highest BCUT2D eigenvalue weighted by molar-refractivity contribution is 7.98. The van der Waals surface area contributed by atoms with E-state index in [1.807, 2.05) is 48.7 Å². The van der Waals surface area contributed by atoms with Gasteiger partial charge in [-0.1, -0.05) is 28.9 Å². The quantitative estimate of drug-likeness (QED) is 0.377. The van der Waals surface area contributed by atoms with Crippen LogP contribution in [0.25, 0.3) is 11.3 Å². The summed E-state index contributed by atoms with van der Waals surface area (Å²) in [6.45, 7) is 3.79. The van der Waals surface area contributed by atoms with Gasteiger partial charge in [0, 0.05) is 15.8 Å². The smallest absolute Gasteiger partial charge is 0.258 e. The number of anilines is 1. The Hall–Kier alpha value is -3.17. The van der Waals surface area contributed by atoms with Crippen LogP contribution in [-0.4, -0.2) is 28.1 Å². The van der Waals surface area contributed by atoms with E-state index in [0.29, 0.717) is 28.2 Å². The van der Waals surface area contributed by atoms with Crippen molar-refractivity contribution in [2.24, 2.45) is 0 Å². The molecule has 31 heavy (non-hydrogen) atoms. The van der Waals surface area contributed by atoms with E-state index in [4.69, 9.17) is 9.26 Å². The minimum Gasteiger partial charge on any atom is -0.496 e. The molecule has 0 aliphatic heterocycles. The third-order valence-electron chi connectivity index (χ3n) is 4.41. The summed E-state index contributed by atoms with van der Waals surface area (Å²) >= 11 is 2.84. The van der Waals surface area contributed by atoms with Gasteiger partial charge in [-0.25, -0.2) is 4.98 Å². The van der Waals surface area contributed by atoms with Crippen LogP contribution in [0.5, 0.6) is 5.75 Å². The van der Waals surface area contributed by atoms with Crippen LogP contribution >= 0.6 is 23.1 Å². The average Bonchev–Trinajstić information content (AvgIpc) is 3.41.